The summed E-state index contributed by atoms with van der Waals surface area (Å²) < 4.78 is 1.40. The lowest BCUT2D eigenvalue weighted by Gasteiger charge is -2.17. The fourth-order valence-corrected chi connectivity index (χ4v) is 3.32. The number of hydrogen-bond acceptors (Lipinski definition) is 5. The summed E-state index contributed by atoms with van der Waals surface area (Å²) >= 11 is 0. The number of pyridine rings is 1. The van der Waals surface area contributed by atoms with Gasteiger partial charge in [0.1, 0.15) is 5.56 Å². The van der Waals surface area contributed by atoms with E-state index in [9.17, 15) is 19.5 Å². The first-order valence-corrected chi connectivity index (χ1v) is 8.88. The number of aromatic nitrogens is 1. The second-order valence-electron chi connectivity index (χ2n) is 7.93. The molecular formula is C20H23N3O5. The SMILES string of the molecule is CC(C)(C)[C@H]1[C@H](O)N1C(=O)c1cccn(Cc2ccc(C(=O)NO)cc2)c1=O. The zero-order valence-electron chi connectivity index (χ0n) is 15.9. The van der Waals surface area contributed by atoms with Gasteiger partial charge in [-0.2, -0.15) is 0 Å². The number of hydrogen-bond donors (Lipinski definition) is 3. The van der Waals surface area contributed by atoms with Crippen molar-refractivity contribution in [1.29, 1.82) is 0 Å². The van der Waals surface area contributed by atoms with Crippen LogP contribution in [-0.4, -0.2) is 43.9 Å². The summed E-state index contributed by atoms with van der Waals surface area (Å²) in [7, 11) is 0. The fourth-order valence-electron chi connectivity index (χ4n) is 3.32. The molecule has 0 radical (unpaired) electrons. The van der Waals surface area contributed by atoms with E-state index in [1.807, 2.05) is 20.8 Å². The summed E-state index contributed by atoms with van der Waals surface area (Å²) in [4.78, 5) is 38.2. The van der Waals surface area contributed by atoms with E-state index in [0.717, 1.165) is 5.56 Å². The highest BCUT2D eigenvalue weighted by atomic mass is 16.5. The lowest BCUT2D eigenvalue weighted by atomic mass is 9.91. The number of aliphatic hydroxyl groups excluding tert-OH is 1. The van der Waals surface area contributed by atoms with E-state index in [4.69, 9.17) is 5.21 Å². The Kier molecular flexibility index (Phi) is 5.10. The second kappa shape index (κ2) is 7.21. The third-order valence-electron chi connectivity index (χ3n) is 4.82. The molecule has 1 aromatic carbocycles. The molecule has 1 aliphatic heterocycles. The van der Waals surface area contributed by atoms with Crippen LogP contribution in [0.4, 0.5) is 0 Å². The maximum absolute atomic E-state index is 12.8. The van der Waals surface area contributed by atoms with E-state index in [0.29, 0.717) is 0 Å². The van der Waals surface area contributed by atoms with Crippen molar-refractivity contribution in [2.75, 3.05) is 0 Å². The first kappa shape index (κ1) is 19.8. The number of aliphatic hydroxyl groups is 1. The van der Waals surface area contributed by atoms with Crippen molar-refractivity contribution < 1.29 is 19.9 Å². The average Bonchev–Trinajstić information content (AvgIpc) is 3.34. The lowest BCUT2D eigenvalue weighted by Crippen LogP contribution is -2.31. The number of amides is 2. The number of carbonyl (C=O) groups excluding carboxylic acids is 2. The first-order chi connectivity index (χ1) is 13.1. The van der Waals surface area contributed by atoms with Gasteiger partial charge in [0.05, 0.1) is 12.6 Å². The fraction of sp³-hybridized carbons (Fsp3) is 0.350. The van der Waals surface area contributed by atoms with Gasteiger partial charge in [0.25, 0.3) is 17.4 Å². The van der Waals surface area contributed by atoms with Crippen LogP contribution in [0, 0.1) is 5.41 Å². The van der Waals surface area contributed by atoms with Crippen molar-refractivity contribution in [1.82, 2.24) is 14.9 Å². The summed E-state index contributed by atoms with van der Waals surface area (Å²) in [6.45, 7) is 6.00. The number of hydroxylamine groups is 1. The molecule has 8 nitrogen and oxygen atoms in total. The Morgan fingerprint density at radius 2 is 1.79 bits per heavy atom. The van der Waals surface area contributed by atoms with Crippen molar-refractivity contribution in [3.05, 3.63) is 69.6 Å². The zero-order chi connectivity index (χ0) is 20.6. The highest BCUT2D eigenvalue weighted by molar-refractivity contribution is 5.96. The summed E-state index contributed by atoms with van der Waals surface area (Å²) in [6, 6.07) is 9.13. The van der Waals surface area contributed by atoms with Crippen molar-refractivity contribution >= 4 is 11.8 Å². The van der Waals surface area contributed by atoms with Gasteiger partial charge in [-0.05, 0) is 35.2 Å². The molecule has 148 valence electrons. The maximum Gasteiger partial charge on any atom is 0.274 e. The van der Waals surface area contributed by atoms with Crippen LogP contribution in [0.25, 0.3) is 0 Å². The minimum Gasteiger partial charge on any atom is -0.371 e. The van der Waals surface area contributed by atoms with Crippen molar-refractivity contribution in [2.45, 2.75) is 39.6 Å². The molecule has 3 N–H and O–H groups in total. The van der Waals surface area contributed by atoms with E-state index in [1.165, 1.54) is 27.7 Å². The van der Waals surface area contributed by atoms with Crippen molar-refractivity contribution in [2.24, 2.45) is 5.41 Å². The molecule has 1 aliphatic rings. The van der Waals surface area contributed by atoms with Gasteiger partial charge < -0.3 is 14.6 Å². The molecule has 0 spiro atoms. The minimum atomic E-state index is -0.884. The number of carbonyl (C=O) groups is 2. The molecule has 8 heteroatoms. The summed E-state index contributed by atoms with van der Waals surface area (Å²) in [5.41, 5.74) is 1.86. The normalized spacial score (nSPS) is 18.7. The summed E-state index contributed by atoms with van der Waals surface area (Å²) in [5.74, 6) is -1.11. The highest BCUT2D eigenvalue weighted by Gasteiger charge is 2.56. The largest absolute Gasteiger partial charge is 0.371 e. The molecule has 2 atom stereocenters. The van der Waals surface area contributed by atoms with Gasteiger partial charge in [-0.1, -0.05) is 32.9 Å². The molecule has 2 heterocycles. The Morgan fingerprint density at radius 3 is 2.32 bits per heavy atom. The van der Waals surface area contributed by atoms with E-state index in [-0.39, 0.29) is 29.1 Å². The molecule has 0 unspecified atom stereocenters. The number of nitrogens with zero attached hydrogens (tertiary/aromatic N) is 2. The van der Waals surface area contributed by atoms with Crippen LogP contribution in [0.2, 0.25) is 0 Å². The third-order valence-corrected chi connectivity index (χ3v) is 4.82. The third kappa shape index (κ3) is 3.69. The van der Waals surface area contributed by atoms with E-state index in [2.05, 4.69) is 0 Å². The average molecular weight is 385 g/mol. The van der Waals surface area contributed by atoms with Gasteiger partial charge in [-0.15, -0.1) is 0 Å². The minimum absolute atomic E-state index is 0.00424. The molecule has 2 aromatic rings. The zero-order valence-corrected chi connectivity index (χ0v) is 15.9. The van der Waals surface area contributed by atoms with Crippen LogP contribution < -0.4 is 11.0 Å². The van der Waals surface area contributed by atoms with Crippen molar-refractivity contribution in [3.8, 4) is 0 Å². The van der Waals surface area contributed by atoms with Crippen LogP contribution >= 0.6 is 0 Å². The number of benzene rings is 1. The number of nitrogens with one attached hydrogen (secondary N) is 1. The quantitative estimate of drug-likeness (QED) is 0.416. The molecule has 28 heavy (non-hydrogen) atoms. The first-order valence-electron chi connectivity index (χ1n) is 8.88. The van der Waals surface area contributed by atoms with Gasteiger partial charge in [0.15, 0.2) is 6.23 Å². The molecule has 0 bridgehead atoms. The van der Waals surface area contributed by atoms with Crippen LogP contribution in [-0.2, 0) is 6.54 Å². The Balaban J connectivity index is 1.81. The van der Waals surface area contributed by atoms with Crippen LogP contribution in [0.15, 0.2) is 47.4 Å². The number of rotatable bonds is 4. The van der Waals surface area contributed by atoms with E-state index < -0.39 is 23.6 Å². The topological polar surface area (TPSA) is 112 Å². The lowest BCUT2D eigenvalue weighted by molar-refractivity contribution is 0.0706. The van der Waals surface area contributed by atoms with E-state index in [1.54, 1.807) is 29.9 Å². The van der Waals surface area contributed by atoms with Gasteiger partial charge >= 0.3 is 0 Å². The molecule has 0 aliphatic carbocycles. The molecule has 3 rings (SSSR count). The van der Waals surface area contributed by atoms with Crippen LogP contribution in [0.5, 0.6) is 0 Å². The van der Waals surface area contributed by atoms with Gasteiger partial charge in [-0.3, -0.25) is 19.6 Å². The summed E-state index contributed by atoms with van der Waals surface area (Å²) in [5, 5.41) is 18.7. The van der Waals surface area contributed by atoms with Gasteiger partial charge in [0, 0.05) is 11.8 Å². The molecule has 0 saturated carbocycles. The highest BCUT2D eigenvalue weighted by Crippen LogP contribution is 2.40. The second-order valence-corrected chi connectivity index (χ2v) is 7.93. The standard InChI is InChI=1S/C20H23N3O5/c1-20(2,3)15-19(27)23(15)18(26)14-5-4-10-22(17(14)25)11-12-6-8-13(9-7-12)16(24)21-28/h4-10,15,19,27-28H,11H2,1-3H3,(H,21,24)/t15-,19+,23?/m1/s1. The molecule has 1 fully saturated rings. The molecule has 2 amide bonds. The predicted molar refractivity (Wildman–Crippen MR) is 101 cm³/mol. The Hall–Kier alpha value is -2.97. The smallest absolute Gasteiger partial charge is 0.274 e. The molecular weight excluding hydrogens is 362 g/mol. The van der Waals surface area contributed by atoms with Crippen LogP contribution in [0.1, 0.15) is 47.1 Å². The maximum atomic E-state index is 12.8. The molecule has 1 saturated heterocycles. The Morgan fingerprint density at radius 1 is 1.14 bits per heavy atom. The Labute approximate surface area is 162 Å². The van der Waals surface area contributed by atoms with Gasteiger partial charge in [-0.25, -0.2) is 5.48 Å². The monoisotopic (exact) mass is 385 g/mol. The van der Waals surface area contributed by atoms with Crippen molar-refractivity contribution in [3.63, 3.8) is 0 Å². The van der Waals surface area contributed by atoms with Crippen LogP contribution in [0.3, 0.4) is 0 Å². The predicted octanol–water partition coefficient (Wildman–Crippen LogP) is 1.20. The Bertz CT molecular complexity index is 959. The summed E-state index contributed by atoms with van der Waals surface area (Å²) in [6.07, 6.45) is 0.693. The van der Waals surface area contributed by atoms with E-state index >= 15 is 0 Å². The van der Waals surface area contributed by atoms with Gasteiger partial charge in [0.2, 0.25) is 0 Å². The molecule has 1 aromatic heterocycles.